The van der Waals surface area contributed by atoms with E-state index in [0.717, 1.165) is 0 Å². The summed E-state index contributed by atoms with van der Waals surface area (Å²) in [5, 5.41) is 10.6. The van der Waals surface area contributed by atoms with E-state index in [1.807, 2.05) is 0 Å². The molecular formula is C23H19N3O6S. The van der Waals surface area contributed by atoms with Crippen LogP contribution in [0.3, 0.4) is 0 Å². The second-order valence-electron chi connectivity index (χ2n) is 7.17. The van der Waals surface area contributed by atoms with Crippen LogP contribution in [0.15, 0.2) is 80.7 Å². The van der Waals surface area contributed by atoms with Gasteiger partial charge in [-0.15, -0.1) is 0 Å². The van der Waals surface area contributed by atoms with Gasteiger partial charge in [0.1, 0.15) is 11.5 Å². The second-order valence-corrected chi connectivity index (χ2v) is 8.74. The van der Waals surface area contributed by atoms with Gasteiger partial charge in [0.25, 0.3) is 5.91 Å². The minimum atomic E-state index is -3.84. The van der Waals surface area contributed by atoms with Gasteiger partial charge in [0, 0.05) is 5.56 Å². The minimum absolute atomic E-state index is 0.0613. The van der Waals surface area contributed by atoms with Crippen molar-refractivity contribution in [1.82, 2.24) is 0 Å². The Balaban J connectivity index is 1.59. The molecule has 168 valence electrons. The number of ether oxygens (including phenoxy) is 1. The van der Waals surface area contributed by atoms with Crippen molar-refractivity contribution in [3.05, 3.63) is 77.6 Å². The fourth-order valence-electron chi connectivity index (χ4n) is 3.28. The fraction of sp³-hybridized carbons (Fsp3) is 0.0870. The molecule has 0 saturated carbocycles. The first-order valence-corrected chi connectivity index (χ1v) is 11.2. The van der Waals surface area contributed by atoms with E-state index in [2.05, 4.69) is 5.10 Å². The van der Waals surface area contributed by atoms with Gasteiger partial charge in [-0.2, -0.15) is 10.1 Å². The summed E-state index contributed by atoms with van der Waals surface area (Å²) in [4.78, 5) is 24.6. The van der Waals surface area contributed by atoms with E-state index in [1.54, 1.807) is 49.4 Å². The number of carbonyl (C=O) groups is 2. The van der Waals surface area contributed by atoms with Crippen LogP contribution in [0, 0.1) is 0 Å². The highest BCUT2D eigenvalue weighted by Crippen LogP contribution is 2.28. The van der Waals surface area contributed by atoms with Gasteiger partial charge < -0.3 is 9.15 Å². The molecule has 33 heavy (non-hydrogen) atoms. The number of benzene rings is 2. The molecule has 1 aliphatic rings. The van der Waals surface area contributed by atoms with E-state index >= 15 is 0 Å². The molecular weight excluding hydrogens is 446 g/mol. The maximum Gasteiger partial charge on any atom is 0.337 e. The Morgan fingerprint density at radius 2 is 1.85 bits per heavy atom. The van der Waals surface area contributed by atoms with Crippen molar-refractivity contribution in [3.8, 4) is 11.3 Å². The van der Waals surface area contributed by atoms with Crippen LogP contribution in [-0.4, -0.2) is 33.1 Å². The lowest BCUT2D eigenvalue weighted by atomic mass is 10.1. The molecule has 1 aromatic heterocycles. The molecule has 2 heterocycles. The SMILES string of the molecule is COC(=O)c1cccc(-c2ccc(/C=C3/C(=O)N(c4ccc(S(N)(=O)=O)cc4)N=C3C)o2)c1. The van der Waals surface area contributed by atoms with Crippen LogP contribution in [0.5, 0.6) is 0 Å². The standard InChI is InChI=1S/C23H19N3O6S/c1-14-20(22(27)26(25-14)17-6-9-19(10-7-17)33(24,29)30)13-18-8-11-21(32-18)15-4-3-5-16(12-15)23(28)31-2/h3-13H,1-2H3,(H2,24,29,30)/b20-13+. The molecule has 0 bridgehead atoms. The first-order chi connectivity index (χ1) is 15.7. The molecule has 1 aliphatic heterocycles. The Kier molecular flexibility index (Phi) is 5.71. The summed E-state index contributed by atoms with van der Waals surface area (Å²) in [5.41, 5.74) is 2.28. The molecule has 0 unspecified atom stereocenters. The summed E-state index contributed by atoms with van der Waals surface area (Å²) < 4.78 is 33.5. The van der Waals surface area contributed by atoms with E-state index in [-0.39, 0.29) is 10.8 Å². The molecule has 9 nitrogen and oxygen atoms in total. The van der Waals surface area contributed by atoms with Gasteiger partial charge in [0.2, 0.25) is 10.0 Å². The highest BCUT2D eigenvalue weighted by molar-refractivity contribution is 7.89. The zero-order chi connectivity index (χ0) is 23.8. The highest BCUT2D eigenvalue weighted by Gasteiger charge is 2.29. The van der Waals surface area contributed by atoms with Crippen LogP contribution in [0.25, 0.3) is 17.4 Å². The lowest BCUT2D eigenvalue weighted by Gasteiger charge is -2.11. The number of amides is 1. The average molecular weight is 465 g/mol. The third-order valence-corrected chi connectivity index (χ3v) is 5.88. The van der Waals surface area contributed by atoms with E-state index < -0.39 is 16.0 Å². The van der Waals surface area contributed by atoms with Gasteiger partial charge >= 0.3 is 5.97 Å². The molecule has 0 saturated heterocycles. The zero-order valence-electron chi connectivity index (χ0n) is 17.7. The number of primary sulfonamides is 1. The zero-order valence-corrected chi connectivity index (χ0v) is 18.5. The maximum absolute atomic E-state index is 12.9. The number of furan rings is 1. The summed E-state index contributed by atoms with van der Waals surface area (Å²) in [6.07, 6.45) is 1.58. The maximum atomic E-state index is 12.9. The summed E-state index contributed by atoms with van der Waals surface area (Å²) in [7, 11) is -2.53. The number of hydrazone groups is 1. The van der Waals surface area contributed by atoms with Crippen LogP contribution in [0.4, 0.5) is 5.69 Å². The molecule has 0 spiro atoms. The molecule has 0 fully saturated rings. The number of carbonyl (C=O) groups excluding carboxylic acids is 2. The van der Waals surface area contributed by atoms with Gasteiger partial charge in [-0.3, -0.25) is 4.79 Å². The van der Waals surface area contributed by atoms with Crippen LogP contribution in [0.2, 0.25) is 0 Å². The lowest BCUT2D eigenvalue weighted by molar-refractivity contribution is -0.114. The van der Waals surface area contributed by atoms with Crippen LogP contribution < -0.4 is 10.1 Å². The van der Waals surface area contributed by atoms with Crippen molar-refractivity contribution in [2.75, 3.05) is 12.1 Å². The smallest absolute Gasteiger partial charge is 0.337 e. The number of anilines is 1. The number of rotatable bonds is 5. The molecule has 0 radical (unpaired) electrons. The second kappa shape index (κ2) is 8.49. The lowest BCUT2D eigenvalue weighted by Crippen LogP contribution is -2.21. The highest BCUT2D eigenvalue weighted by atomic mass is 32.2. The van der Waals surface area contributed by atoms with Crippen LogP contribution >= 0.6 is 0 Å². The van der Waals surface area contributed by atoms with Crippen molar-refractivity contribution in [2.24, 2.45) is 10.2 Å². The molecule has 3 aromatic rings. The Labute approximate surface area is 189 Å². The molecule has 4 rings (SSSR count). The van der Waals surface area contributed by atoms with Crippen molar-refractivity contribution < 1.29 is 27.2 Å². The Hall–Kier alpha value is -4.02. The molecule has 0 atom stereocenters. The summed E-state index contributed by atoms with van der Waals surface area (Å²) in [6, 6.07) is 15.8. The monoisotopic (exact) mass is 465 g/mol. The van der Waals surface area contributed by atoms with Gasteiger partial charge in [-0.05, 0) is 61.5 Å². The Morgan fingerprint density at radius 1 is 1.12 bits per heavy atom. The predicted octanol–water partition coefficient (Wildman–Crippen LogP) is 3.19. The van der Waals surface area contributed by atoms with E-state index in [0.29, 0.717) is 39.6 Å². The van der Waals surface area contributed by atoms with Crippen LogP contribution in [-0.2, 0) is 19.6 Å². The first-order valence-electron chi connectivity index (χ1n) is 9.70. The Morgan fingerprint density at radius 3 is 2.52 bits per heavy atom. The molecule has 1 amide bonds. The third-order valence-electron chi connectivity index (χ3n) is 4.95. The predicted molar refractivity (Wildman–Crippen MR) is 122 cm³/mol. The van der Waals surface area contributed by atoms with Gasteiger partial charge in [-0.25, -0.2) is 18.4 Å². The van der Waals surface area contributed by atoms with Crippen molar-refractivity contribution in [1.29, 1.82) is 0 Å². The topological polar surface area (TPSA) is 132 Å². The van der Waals surface area contributed by atoms with E-state index in [4.69, 9.17) is 14.3 Å². The largest absolute Gasteiger partial charge is 0.465 e. The number of nitrogens with zero attached hydrogens (tertiary/aromatic N) is 2. The number of methoxy groups -OCH3 is 1. The van der Waals surface area contributed by atoms with Crippen molar-refractivity contribution >= 4 is 39.4 Å². The Bertz CT molecular complexity index is 1420. The van der Waals surface area contributed by atoms with Crippen molar-refractivity contribution in [2.45, 2.75) is 11.8 Å². The van der Waals surface area contributed by atoms with E-state index in [1.165, 1.54) is 36.4 Å². The molecule has 0 aliphatic carbocycles. The molecule has 2 aromatic carbocycles. The number of esters is 1. The first kappa shape index (κ1) is 22.2. The van der Waals surface area contributed by atoms with Crippen molar-refractivity contribution in [3.63, 3.8) is 0 Å². The normalized spacial score (nSPS) is 15.1. The summed E-state index contributed by atoms with van der Waals surface area (Å²) >= 11 is 0. The fourth-order valence-corrected chi connectivity index (χ4v) is 3.80. The van der Waals surface area contributed by atoms with Gasteiger partial charge in [-0.1, -0.05) is 12.1 Å². The summed E-state index contributed by atoms with van der Waals surface area (Å²) in [5.74, 6) is 0.105. The number of nitrogens with two attached hydrogens (primary N) is 1. The van der Waals surface area contributed by atoms with Gasteiger partial charge in [0.05, 0.1) is 34.5 Å². The number of hydrogen-bond donors (Lipinski definition) is 1. The minimum Gasteiger partial charge on any atom is -0.465 e. The van der Waals surface area contributed by atoms with Crippen LogP contribution in [0.1, 0.15) is 23.0 Å². The van der Waals surface area contributed by atoms with Gasteiger partial charge in [0.15, 0.2) is 0 Å². The molecule has 10 heteroatoms. The number of hydrogen-bond acceptors (Lipinski definition) is 7. The number of sulfonamides is 1. The average Bonchev–Trinajstić information content (AvgIpc) is 3.38. The quantitative estimate of drug-likeness (QED) is 0.455. The molecule has 2 N–H and O–H groups in total. The van der Waals surface area contributed by atoms with E-state index in [9.17, 15) is 18.0 Å². The third kappa shape index (κ3) is 4.47. The summed E-state index contributed by atoms with van der Waals surface area (Å²) in [6.45, 7) is 1.69.